The zero-order valence-corrected chi connectivity index (χ0v) is 10.1. The van der Waals surface area contributed by atoms with Crippen molar-refractivity contribution in [2.45, 2.75) is 38.7 Å². The molecule has 0 bridgehead atoms. The lowest BCUT2D eigenvalue weighted by Gasteiger charge is -2.26. The van der Waals surface area contributed by atoms with Crippen LogP contribution in [0.5, 0.6) is 5.75 Å². The smallest absolute Gasteiger partial charge is 0.342 e. The van der Waals surface area contributed by atoms with Crippen LogP contribution in [0.4, 0.5) is 0 Å². The molecule has 1 aromatic rings. The number of hydrogen-bond acceptors (Lipinski definition) is 3. The second-order valence-corrected chi connectivity index (χ2v) is 4.82. The zero-order chi connectivity index (χ0) is 12.3. The summed E-state index contributed by atoms with van der Waals surface area (Å²) in [6.07, 6.45) is 4.19. The van der Waals surface area contributed by atoms with Crippen LogP contribution in [0.2, 0.25) is 0 Å². The molecule has 2 unspecified atom stereocenters. The highest BCUT2D eigenvalue weighted by Crippen LogP contribution is 2.27. The topological polar surface area (TPSA) is 46.5 Å². The number of phenols is 1. The molecule has 2 atom stereocenters. The molecular weight excluding hydrogens is 216 g/mol. The molecule has 0 aromatic heterocycles. The molecule has 0 aliphatic heterocycles. The van der Waals surface area contributed by atoms with E-state index >= 15 is 0 Å². The predicted octanol–water partition coefficient (Wildman–Crippen LogP) is 3.13. The predicted molar refractivity (Wildman–Crippen MR) is 64.9 cm³/mol. The van der Waals surface area contributed by atoms with Gasteiger partial charge in [-0.1, -0.05) is 25.5 Å². The zero-order valence-electron chi connectivity index (χ0n) is 10.1. The van der Waals surface area contributed by atoms with Crippen LogP contribution in [-0.2, 0) is 4.74 Å². The van der Waals surface area contributed by atoms with Gasteiger partial charge in [0, 0.05) is 0 Å². The van der Waals surface area contributed by atoms with Gasteiger partial charge in [-0.2, -0.15) is 0 Å². The Labute approximate surface area is 101 Å². The Balaban J connectivity index is 1.99. The molecule has 0 saturated heterocycles. The van der Waals surface area contributed by atoms with Crippen molar-refractivity contribution in [1.29, 1.82) is 0 Å². The standard InChI is InChI=1S/C14H18O3/c1-10-5-4-6-11(9-10)17-14(16)12-7-2-3-8-13(12)15/h2-3,7-8,10-11,15H,4-6,9H2,1H3. The van der Waals surface area contributed by atoms with Crippen LogP contribution in [0.1, 0.15) is 43.0 Å². The Morgan fingerprint density at radius 3 is 2.82 bits per heavy atom. The van der Waals surface area contributed by atoms with Crippen LogP contribution < -0.4 is 0 Å². The highest BCUT2D eigenvalue weighted by Gasteiger charge is 2.23. The van der Waals surface area contributed by atoms with Gasteiger partial charge in [0.15, 0.2) is 0 Å². The van der Waals surface area contributed by atoms with Crippen LogP contribution in [0.25, 0.3) is 0 Å². The minimum Gasteiger partial charge on any atom is -0.507 e. The summed E-state index contributed by atoms with van der Waals surface area (Å²) in [6.45, 7) is 2.18. The number of phenolic OH excluding ortho intramolecular Hbond substituents is 1. The fraction of sp³-hybridized carbons (Fsp3) is 0.500. The average Bonchev–Trinajstić information content (AvgIpc) is 2.29. The van der Waals surface area contributed by atoms with Crippen LogP contribution in [0.15, 0.2) is 24.3 Å². The third-order valence-corrected chi connectivity index (χ3v) is 3.29. The maximum Gasteiger partial charge on any atom is 0.342 e. The number of para-hydroxylation sites is 1. The van der Waals surface area contributed by atoms with Gasteiger partial charge in [-0.05, 0) is 37.3 Å². The molecule has 3 nitrogen and oxygen atoms in total. The van der Waals surface area contributed by atoms with Crippen molar-refractivity contribution in [2.24, 2.45) is 5.92 Å². The van der Waals surface area contributed by atoms with Crippen LogP contribution in [0.3, 0.4) is 0 Å². The SMILES string of the molecule is CC1CCCC(OC(=O)c2ccccc2O)C1. The minimum atomic E-state index is -0.415. The first-order valence-electron chi connectivity index (χ1n) is 6.16. The average molecular weight is 234 g/mol. The summed E-state index contributed by atoms with van der Waals surface area (Å²) in [4.78, 5) is 11.9. The molecular formula is C14H18O3. The van der Waals surface area contributed by atoms with Crippen molar-refractivity contribution in [1.82, 2.24) is 0 Å². The quantitative estimate of drug-likeness (QED) is 0.800. The molecule has 0 radical (unpaired) electrons. The van der Waals surface area contributed by atoms with Crippen molar-refractivity contribution in [3.05, 3.63) is 29.8 Å². The monoisotopic (exact) mass is 234 g/mol. The summed E-state index contributed by atoms with van der Waals surface area (Å²) in [7, 11) is 0. The number of aromatic hydroxyl groups is 1. The van der Waals surface area contributed by atoms with E-state index in [0.29, 0.717) is 5.92 Å². The molecule has 3 heteroatoms. The van der Waals surface area contributed by atoms with E-state index in [2.05, 4.69) is 6.92 Å². The Hall–Kier alpha value is -1.51. The summed E-state index contributed by atoms with van der Waals surface area (Å²) in [5, 5.41) is 9.56. The van der Waals surface area contributed by atoms with Gasteiger partial charge in [0.25, 0.3) is 0 Å². The van der Waals surface area contributed by atoms with Crippen molar-refractivity contribution in [3.8, 4) is 5.75 Å². The first-order valence-corrected chi connectivity index (χ1v) is 6.16. The summed E-state index contributed by atoms with van der Waals surface area (Å²) >= 11 is 0. The summed E-state index contributed by atoms with van der Waals surface area (Å²) in [6, 6.07) is 6.50. The van der Waals surface area contributed by atoms with E-state index < -0.39 is 5.97 Å². The second kappa shape index (κ2) is 5.21. The lowest BCUT2D eigenvalue weighted by Crippen LogP contribution is -2.24. The molecule has 17 heavy (non-hydrogen) atoms. The molecule has 0 amide bonds. The molecule has 0 heterocycles. The maximum absolute atomic E-state index is 11.9. The summed E-state index contributed by atoms with van der Waals surface area (Å²) in [5.41, 5.74) is 0.255. The van der Waals surface area contributed by atoms with Crippen molar-refractivity contribution in [2.75, 3.05) is 0 Å². The third-order valence-electron chi connectivity index (χ3n) is 3.29. The number of carbonyl (C=O) groups is 1. The molecule has 1 saturated carbocycles. The molecule has 1 aliphatic rings. The van der Waals surface area contributed by atoms with Gasteiger partial charge < -0.3 is 9.84 Å². The van der Waals surface area contributed by atoms with Crippen molar-refractivity contribution in [3.63, 3.8) is 0 Å². The number of rotatable bonds is 2. The fourth-order valence-electron chi connectivity index (χ4n) is 2.35. The van der Waals surface area contributed by atoms with Gasteiger partial charge >= 0.3 is 5.97 Å². The molecule has 92 valence electrons. The van der Waals surface area contributed by atoms with E-state index in [1.54, 1.807) is 18.2 Å². The van der Waals surface area contributed by atoms with Gasteiger partial charge in [0.05, 0.1) is 0 Å². The van der Waals surface area contributed by atoms with E-state index in [1.165, 1.54) is 12.5 Å². The minimum absolute atomic E-state index is 0.00542. The van der Waals surface area contributed by atoms with Gasteiger partial charge in [-0.15, -0.1) is 0 Å². The number of esters is 1. The van der Waals surface area contributed by atoms with E-state index in [1.807, 2.05) is 0 Å². The molecule has 0 spiro atoms. The van der Waals surface area contributed by atoms with Crippen LogP contribution in [0, 0.1) is 5.92 Å². The fourth-order valence-corrected chi connectivity index (χ4v) is 2.35. The van der Waals surface area contributed by atoms with Crippen molar-refractivity contribution >= 4 is 5.97 Å². The van der Waals surface area contributed by atoms with Crippen LogP contribution >= 0.6 is 0 Å². The Kier molecular flexibility index (Phi) is 3.67. The number of ether oxygens (including phenoxy) is 1. The Morgan fingerprint density at radius 2 is 2.12 bits per heavy atom. The van der Waals surface area contributed by atoms with Gasteiger partial charge in [-0.3, -0.25) is 0 Å². The molecule has 1 aliphatic carbocycles. The lowest BCUT2D eigenvalue weighted by atomic mass is 9.89. The largest absolute Gasteiger partial charge is 0.507 e. The first-order chi connectivity index (χ1) is 8.16. The summed E-state index contributed by atoms with van der Waals surface area (Å²) in [5.74, 6) is 0.189. The Bertz CT molecular complexity index is 400. The van der Waals surface area contributed by atoms with E-state index in [-0.39, 0.29) is 17.4 Å². The van der Waals surface area contributed by atoms with Gasteiger partial charge in [-0.25, -0.2) is 4.79 Å². The number of carbonyl (C=O) groups excluding carboxylic acids is 1. The highest BCUT2D eigenvalue weighted by molar-refractivity contribution is 5.92. The number of hydrogen-bond donors (Lipinski definition) is 1. The summed E-state index contributed by atoms with van der Waals surface area (Å²) < 4.78 is 5.43. The third kappa shape index (κ3) is 2.99. The van der Waals surface area contributed by atoms with E-state index in [4.69, 9.17) is 4.74 Å². The second-order valence-electron chi connectivity index (χ2n) is 4.82. The van der Waals surface area contributed by atoms with E-state index in [0.717, 1.165) is 19.3 Å². The van der Waals surface area contributed by atoms with E-state index in [9.17, 15) is 9.90 Å². The normalized spacial score (nSPS) is 24.3. The molecule has 1 N–H and O–H groups in total. The van der Waals surface area contributed by atoms with Crippen LogP contribution in [-0.4, -0.2) is 17.2 Å². The number of benzene rings is 1. The van der Waals surface area contributed by atoms with Gasteiger partial charge in [0.1, 0.15) is 17.4 Å². The molecule has 1 aromatic carbocycles. The van der Waals surface area contributed by atoms with Gasteiger partial charge in [0.2, 0.25) is 0 Å². The molecule has 2 rings (SSSR count). The first kappa shape index (κ1) is 12.0. The maximum atomic E-state index is 11.9. The molecule has 1 fully saturated rings. The Morgan fingerprint density at radius 1 is 1.35 bits per heavy atom. The highest BCUT2D eigenvalue weighted by atomic mass is 16.5. The lowest BCUT2D eigenvalue weighted by molar-refractivity contribution is 0.0152. The van der Waals surface area contributed by atoms with Crippen molar-refractivity contribution < 1.29 is 14.6 Å².